The second-order valence-corrected chi connectivity index (χ2v) is 7.11. The topological polar surface area (TPSA) is 62.6 Å². The van der Waals surface area contributed by atoms with Crippen LogP contribution in [0.15, 0.2) is 48.8 Å². The quantitative estimate of drug-likeness (QED) is 0.453. The van der Waals surface area contributed by atoms with Crippen molar-refractivity contribution in [1.29, 1.82) is 0 Å². The Balaban J connectivity index is 0.00000192. The van der Waals surface area contributed by atoms with Gasteiger partial charge in [0.05, 0.1) is 6.61 Å². The molecule has 3 aromatic rings. The van der Waals surface area contributed by atoms with Crippen LogP contribution in [0, 0.1) is 12.0 Å². The van der Waals surface area contributed by atoms with Crippen LogP contribution in [-0.4, -0.2) is 21.8 Å². The fourth-order valence-corrected chi connectivity index (χ4v) is 4.19. The molecule has 2 N–H and O–H groups in total. The van der Waals surface area contributed by atoms with Crippen LogP contribution < -0.4 is 4.74 Å². The molecule has 1 aromatic heterocycles. The van der Waals surface area contributed by atoms with E-state index in [1.807, 2.05) is 36.4 Å². The van der Waals surface area contributed by atoms with Crippen molar-refractivity contribution in [3.8, 4) is 17.2 Å². The molecule has 2 heterocycles. The van der Waals surface area contributed by atoms with Crippen molar-refractivity contribution in [1.82, 2.24) is 4.98 Å². The fourth-order valence-electron chi connectivity index (χ4n) is 4.19. The third kappa shape index (κ3) is 3.22. The largest absolute Gasteiger partial charge is 0.534 e. The van der Waals surface area contributed by atoms with Gasteiger partial charge in [0.15, 0.2) is 0 Å². The number of rotatable bonds is 2. The van der Waals surface area contributed by atoms with Crippen LogP contribution in [0.4, 0.5) is 0 Å². The van der Waals surface area contributed by atoms with Crippen LogP contribution in [0.1, 0.15) is 33.7 Å². The van der Waals surface area contributed by atoms with E-state index >= 15 is 0 Å². The van der Waals surface area contributed by atoms with Gasteiger partial charge in [-0.15, -0.1) is 17.7 Å². The van der Waals surface area contributed by atoms with Crippen LogP contribution in [-0.2, 0) is 27.5 Å². The van der Waals surface area contributed by atoms with Crippen LogP contribution in [0.2, 0.25) is 0 Å². The van der Waals surface area contributed by atoms with Gasteiger partial charge in [-0.2, -0.15) is 11.6 Å². The van der Waals surface area contributed by atoms with Crippen molar-refractivity contribution in [2.24, 2.45) is 5.92 Å². The Bertz CT molecular complexity index is 1050. The number of ether oxygens (including phenoxy) is 1. The van der Waals surface area contributed by atoms with E-state index in [1.165, 1.54) is 5.56 Å². The van der Waals surface area contributed by atoms with Crippen molar-refractivity contribution in [3.05, 3.63) is 82.7 Å². The first-order chi connectivity index (χ1) is 13.2. The molecule has 0 amide bonds. The minimum Gasteiger partial charge on any atom is -0.534 e. The van der Waals surface area contributed by atoms with Crippen molar-refractivity contribution in [3.63, 3.8) is 0 Å². The molecule has 140 valence electrons. The number of pyridine rings is 1. The van der Waals surface area contributed by atoms with Gasteiger partial charge in [-0.25, -0.2) is 0 Å². The molecule has 1 unspecified atom stereocenters. The maximum Gasteiger partial charge on any atom is 0.126 e. The summed E-state index contributed by atoms with van der Waals surface area (Å²) in [5, 5.41) is 20.2. The number of phenols is 2. The Morgan fingerprint density at radius 1 is 1.07 bits per heavy atom. The summed E-state index contributed by atoms with van der Waals surface area (Å²) in [5.41, 5.74) is 5.20. The molecule has 0 bridgehead atoms. The zero-order chi connectivity index (χ0) is 18.4. The first kappa shape index (κ1) is 18.8. The third-order valence-corrected chi connectivity index (χ3v) is 5.45. The molecule has 1 aliphatic carbocycles. The van der Waals surface area contributed by atoms with Crippen molar-refractivity contribution < 1.29 is 36.0 Å². The smallest absolute Gasteiger partial charge is 0.126 e. The van der Waals surface area contributed by atoms with E-state index in [2.05, 4.69) is 11.1 Å². The molecular formula is C23H18MoNO3-. The van der Waals surface area contributed by atoms with Gasteiger partial charge in [0.25, 0.3) is 0 Å². The maximum atomic E-state index is 10.4. The Morgan fingerprint density at radius 3 is 2.71 bits per heavy atom. The molecule has 5 heteroatoms. The zero-order valence-electron chi connectivity index (χ0n) is 15.0. The Kier molecular flexibility index (Phi) is 4.99. The van der Waals surface area contributed by atoms with Gasteiger partial charge in [-0.3, -0.25) is 4.98 Å². The van der Waals surface area contributed by atoms with Crippen LogP contribution >= 0.6 is 0 Å². The first-order valence-corrected chi connectivity index (χ1v) is 9.00. The number of phenolic OH excluding ortho intramolecular Hbond substituents is 2. The molecule has 0 radical (unpaired) electrons. The van der Waals surface area contributed by atoms with E-state index in [9.17, 15) is 10.2 Å². The van der Waals surface area contributed by atoms with Gasteiger partial charge in [0, 0.05) is 50.8 Å². The fraction of sp³-hybridized carbons (Fsp3) is 0.174. The minimum atomic E-state index is 0. The molecule has 2 atom stereocenters. The molecule has 1 aliphatic heterocycles. The molecule has 0 saturated carbocycles. The van der Waals surface area contributed by atoms with Gasteiger partial charge in [-0.05, 0) is 47.6 Å². The molecule has 0 fully saturated rings. The SMILES string of the molecule is Oc1[c-]cc2c(c1)CC1COc3cc(O)c(/C=C/c4ccncc4)cc3[C@@H]21.[Mo]. The number of hydrogen-bond donors (Lipinski definition) is 2. The standard InChI is InChI=1S/C23H18NO3.Mo/c25-18-3-4-19-16(10-18)9-17-13-27-22-12-21(26)15(11-20(22)23(17)19)2-1-14-5-7-24-8-6-14;/h1-2,4-8,10-12,17,23,25-26H,9,13H2;/q-1;/b2-1+;/t17?,23-;/m1./s1. The third-order valence-electron chi connectivity index (χ3n) is 5.45. The summed E-state index contributed by atoms with van der Waals surface area (Å²) >= 11 is 0. The predicted octanol–water partition coefficient (Wildman–Crippen LogP) is 4.16. The van der Waals surface area contributed by atoms with Crippen molar-refractivity contribution >= 4 is 12.2 Å². The Labute approximate surface area is 177 Å². The molecule has 2 aromatic carbocycles. The summed E-state index contributed by atoms with van der Waals surface area (Å²) in [4.78, 5) is 4.02. The van der Waals surface area contributed by atoms with E-state index in [-0.39, 0.29) is 38.5 Å². The van der Waals surface area contributed by atoms with Gasteiger partial charge >= 0.3 is 0 Å². The van der Waals surface area contributed by atoms with E-state index in [0.29, 0.717) is 12.5 Å². The molecule has 2 aliphatic rings. The number of fused-ring (bicyclic) bond motifs is 5. The molecule has 0 saturated heterocycles. The van der Waals surface area contributed by atoms with Gasteiger partial charge in [-0.1, -0.05) is 12.2 Å². The maximum absolute atomic E-state index is 10.4. The summed E-state index contributed by atoms with van der Waals surface area (Å²) in [7, 11) is 0. The van der Waals surface area contributed by atoms with E-state index < -0.39 is 0 Å². The Morgan fingerprint density at radius 2 is 1.89 bits per heavy atom. The van der Waals surface area contributed by atoms with Gasteiger partial charge in [0.2, 0.25) is 0 Å². The summed E-state index contributed by atoms with van der Waals surface area (Å²) < 4.78 is 5.93. The molecule has 4 nitrogen and oxygen atoms in total. The van der Waals surface area contributed by atoms with E-state index in [0.717, 1.165) is 34.4 Å². The molecule has 0 spiro atoms. The summed E-state index contributed by atoms with van der Waals surface area (Å²) in [6.45, 7) is 0.610. The Hall–Kier alpha value is -2.58. The predicted molar refractivity (Wildman–Crippen MR) is 103 cm³/mol. The molecule has 28 heavy (non-hydrogen) atoms. The normalized spacial score (nSPS) is 19.3. The second-order valence-electron chi connectivity index (χ2n) is 7.11. The van der Waals surface area contributed by atoms with Crippen LogP contribution in [0.5, 0.6) is 17.2 Å². The zero-order valence-corrected chi connectivity index (χ0v) is 17.0. The van der Waals surface area contributed by atoms with Crippen molar-refractivity contribution in [2.75, 3.05) is 6.61 Å². The first-order valence-electron chi connectivity index (χ1n) is 9.00. The minimum absolute atomic E-state index is 0. The number of nitrogens with zero attached hydrogens (tertiary/aromatic N) is 1. The number of aromatic hydroxyl groups is 2. The van der Waals surface area contributed by atoms with E-state index in [1.54, 1.807) is 24.5 Å². The monoisotopic (exact) mass is 454 g/mol. The van der Waals surface area contributed by atoms with E-state index in [4.69, 9.17) is 4.74 Å². The number of hydrogen-bond acceptors (Lipinski definition) is 4. The summed E-state index contributed by atoms with van der Waals surface area (Å²) in [6.07, 6.45) is 8.23. The number of aromatic nitrogens is 1. The number of benzene rings is 2. The average Bonchev–Trinajstić information content (AvgIpc) is 3.05. The molecular weight excluding hydrogens is 434 g/mol. The second kappa shape index (κ2) is 7.44. The van der Waals surface area contributed by atoms with Crippen LogP contribution in [0.3, 0.4) is 0 Å². The van der Waals surface area contributed by atoms with Gasteiger partial charge in [0.1, 0.15) is 11.5 Å². The summed E-state index contributed by atoms with van der Waals surface area (Å²) in [5.74, 6) is 1.66. The van der Waals surface area contributed by atoms with Crippen LogP contribution in [0.25, 0.3) is 12.2 Å². The molecule has 5 rings (SSSR count). The average molecular weight is 452 g/mol. The van der Waals surface area contributed by atoms with Crippen molar-refractivity contribution in [2.45, 2.75) is 12.3 Å². The summed E-state index contributed by atoms with van der Waals surface area (Å²) in [6, 6.07) is 14.2. The van der Waals surface area contributed by atoms with Gasteiger partial charge < -0.3 is 14.9 Å².